The lowest BCUT2D eigenvalue weighted by Gasteiger charge is -2.36. The third kappa shape index (κ3) is 4.65. The van der Waals surface area contributed by atoms with Crippen molar-refractivity contribution in [3.8, 4) is 0 Å². The van der Waals surface area contributed by atoms with Crippen LogP contribution < -0.4 is 10.6 Å². The summed E-state index contributed by atoms with van der Waals surface area (Å²) in [5.41, 5.74) is -0.414. The second-order valence-electron chi connectivity index (χ2n) is 7.34. The maximum absolute atomic E-state index is 11.8. The molecule has 0 aromatic carbocycles. The van der Waals surface area contributed by atoms with Crippen LogP contribution in [0.1, 0.15) is 52.9 Å². The maximum atomic E-state index is 11.8. The predicted molar refractivity (Wildman–Crippen MR) is 80.7 cm³/mol. The molecular formula is C16H30N2O2. The average Bonchev–Trinajstić information content (AvgIpc) is 2.88. The van der Waals surface area contributed by atoms with Gasteiger partial charge in [0.1, 0.15) is 5.60 Å². The van der Waals surface area contributed by atoms with Crippen LogP contribution in [0.15, 0.2) is 0 Å². The lowest BCUT2D eigenvalue weighted by Crippen LogP contribution is -2.45. The van der Waals surface area contributed by atoms with Crippen molar-refractivity contribution < 1.29 is 9.53 Å². The molecule has 2 unspecified atom stereocenters. The van der Waals surface area contributed by atoms with Crippen LogP contribution in [-0.4, -0.2) is 31.3 Å². The van der Waals surface area contributed by atoms with Crippen LogP contribution in [0.2, 0.25) is 0 Å². The zero-order valence-electron chi connectivity index (χ0n) is 13.2. The Balaban J connectivity index is 1.81. The van der Waals surface area contributed by atoms with Crippen molar-refractivity contribution in [3.63, 3.8) is 0 Å². The van der Waals surface area contributed by atoms with Gasteiger partial charge in [0.05, 0.1) is 0 Å². The second kappa shape index (κ2) is 6.79. The summed E-state index contributed by atoms with van der Waals surface area (Å²) in [5.74, 6) is 2.18. The Morgan fingerprint density at radius 1 is 1.25 bits per heavy atom. The molecule has 1 amide bonds. The Labute approximate surface area is 123 Å². The minimum atomic E-state index is -0.414. The van der Waals surface area contributed by atoms with E-state index in [-0.39, 0.29) is 6.09 Å². The average molecular weight is 282 g/mol. The van der Waals surface area contributed by atoms with E-state index in [9.17, 15) is 4.79 Å². The molecule has 1 heterocycles. The van der Waals surface area contributed by atoms with Crippen LogP contribution in [-0.2, 0) is 4.74 Å². The number of carbonyl (C=O) groups is 1. The van der Waals surface area contributed by atoms with Crippen LogP contribution in [0.25, 0.3) is 0 Å². The summed E-state index contributed by atoms with van der Waals surface area (Å²) in [4.78, 5) is 11.8. The van der Waals surface area contributed by atoms with Gasteiger partial charge in [0, 0.05) is 6.54 Å². The molecule has 2 N–H and O–H groups in total. The first-order valence-electron chi connectivity index (χ1n) is 8.13. The lowest BCUT2D eigenvalue weighted by atomic mass is 9.77. The van der Waals surface area contributed by atoms with Gasteiger partial charge >= 0.3 is 6.09 Å². The second-order valence-corrected chi connectivity index (χ2v) is 7.34. The zero-order valence-corrected chi connectivity index (χ0v) is 13.2. The Hall–Kier alpha value is -0.770. The largest absolute Gasteiger partial charge is 0.444 e. The molecule has 2 aliphatic rings. The van der Waals surface area contributed by atoms with Gasteiger partial charge in [-0.15, -0.1) is 0 Å². The summed E-state index contributed by atoms with van der Waals surface area (Å²) >= 11 is 0. The molecule has 0 spiro atoms. The zero-order chi connectivity index (χ0) is 14.6. The van der Waals surface area contributed by atoms with Crippen LogP contribution in [0.5, 0.6) is 0 Å². The first-order chi connectivity index (χ1) is 9.46. The summed E-state index contributed by atoms with van der Waals surface area (Å²) in [6, 6.07) is 0. The lowest BCUT2D eigenvalue weighted by molar-refractivity contribution is 0.0499. The Bertz CT molecular complexity index is 319. The van der Waals surface area contributed by atoms with Gasteiger partial charge in [0.15, 0.2) is 0 Å². The highest BCUT2D eigenvalue weighted by Crippen LogP contribution is 2.37. The molecule has 2 atom stereocenters. The van der Waals surface area contributed by atoms with E-state index in [0.717, 1.165) is 37.9 Å². The summed E-state index contributed by atoms with van der Waals surface area (Å²) < 4.78 is 5.32. The highest BCUT2D eigenvalue weighted by molar-refractivity contribution is 5.67. The molecule has 4 heteroatoms. The number of nitrogens with one attached hydrogen (secondary N) is 2. The van der Waals surface area contributed by atoms with E-state index < -0.39 is 5.60 Å². The standard InChI is InChI=1S/C16H30N2O2/c1-16(2,3)20-15(19)18-10-13-8-9-17-11-14(13)12-6-4-5-7-12/h12-14,17H,4-11H2,1-3H3,(H,18,19). The van der Waals surface area contributed by atoms with Gasteiger partial charge in [0.25, 0.3) is 0 Å². The molecule has 1 saturated heterocycles. The third-order valence-corrected chi connectivity index (χ3v) is 4.59. The quantitative estimate of drug-likeness (QED) is 0.837. The molecule has 1 aliphatic heterocycles. The molecule has 2 fully saturated rings. The molecule has 4 nitrogen and oxygen atoms in total. The monoisotopic (exact) mass is 282 g/mol. The Morgan fingerprint density at radius 3 is 2.60 bits per heavy atom. The fourth-order valence-electron chi connectivity index (χ4n) is 3.66. The number of alkyl carbamates (subject to hydrolysis) is 1. The predicted octanol–water partition coefficient (Wildman–Crippen LogP) is 2.93. The van der Waals surface area contributed by atoms with Gasteiger partial charge in [-0.3, -0.25) is 0 Å². The van der Waals surface area contributed by atoms with E-state index in [2.05, 4.69) is 10.6 Å². The molecule has 116 valence electrons. The highest BCUT2D eigenvalue weighted by Gasteiger charge is 2.33. The van der Waals surface area contributed by atoms with Crippen molar-refractivity contribution in [1.82, 2.24) is 10.6 Å². The fourth-order valence-corrected chi connectivity index (χ4v) is 3.66. The minimum absolute atomic E-state index is 0.277. The molecule has 1 saturated carbocycles. The third-order valence-electron chi connectivity index (χ3n) is 4.59. The van der Waals surface area contributed by atoms with Crippen LogP contribution in [0, 0.1) is 17.8 Å². The van der Waals surface area contributed by atoms with E-state index in [1.807, 2.05) is 20.8 Å². The number of hydrogen-bond acceptors (Lipinski definition) is 3. The van der Waals surface area contributed by atoms with E-state index >= 15 is 0 Å². The summed E-state index contributed by atoms with van der Waals surface area (Å²) in [6.07, 6.45) is 6.39. The molecule has 0 aromatic heterocycles. The molecule has 2 rings (SSSR count). The molecule has 0 radical (unpaired) electrons. The maximum Gasteiger partial charge on any atom is 0.407 e. The smallest absolute Gasteiger partial charge is 0.407 e. The van der Waals surface area contributed by atoms with Gasteiger partial charge in [-0.05, 0) is 58.0 Å². The van der Waals surface area contributed by atoms with E-state index in [4.69, 9.17) is 4.74 Å². The molecule has 1 aliphatic carbocycles. The number of piperidine rings is 1. The molecule has 0 aromatic rings. The van der Waals surface area contributed by atoms with Gasteiger partial charge in [-0.1, -0.05) is 25.7 Å². The van der Waals surface area contributed by atoms with Crippen molar-refractivity contribution in [3.05, 3.63) is 0 Å². The minimum Gasteiger partial charge on any atom is -0.444 e. The van der Waals surface area contributed by atoms with Gasteiger partial charge in [-0.25, -0.2) is 4.79 Å². The number of rotatable bonds is 3. The van der Waals surface area contributed by atoms with E-state index in [0.29, 0.717) is 5.92 Å². The first-order valence-corrected chi connectivity index (χ1v) is 8.13. The number of amides is 1. The number of ether oxygens (including phenoxy) is 1. The van der Waals surface area contributed by atoms with Crippen molar-refractivity contribution in [1.29, 1.82) is 0 Å². The topological polar surface area (TPSA) is 50.4 Å². The van der Waals surface area contributed by atoms with Crippen LogP contribution in [0.4, 0.5) is 4.79 Å². The van der Waals surface area contributed by atoms with Crippen molar-refractivity contribution in [2.24, 2.45) is 17.8 Å². The molecule has 0 bridgehead atoms. The summed E-state index contributed by atoms with van der Waals surface area (Å²) in [6.45, 7) is 8.66. The van der Waals surface area contributed by atoms with Crippen molar-refractivity contribution in [2.75, 3.05) is 19.6 Å². The molecular weight excluding hydrogens is 252 g/mol. The Kier molecular flexibility index (Phi) is 5.30. The van der Waals surface area contributed by atoms with E-state index in [1.54, 1.807) is 0 Å². The van der Waals surface area contributed by atoms with Crippen LogP contribution in [0.3, 0.4) is 0 Å². The van der Waals surface area contributed by atoms with E-state index in [1.165, 1.54) is 25.7 Å². The van der Waals surface area contributed by atoms with Crippen molar-refractivity contribution >= 4 is 6.09 Å². The Morgan fingerprint density at radius 2 is 1.95 bits per heavy atom. The van der Waals surface area contributed by atoms with Gasteiger partial charge in [-0.2, -0.15) is 0 Å². The van der Waals surface area contributed by atoms with Gasteiger partial charge in [0.2, 0.25) is 0 Å². The molecule has 20 heavy (non-hydrogen) atoms. The SMILES string of the molecule is CC(C)(C)OC(=O)NCC1CCNCC1C1CCCC1. The fraction of sp³-hybridized carbons (Fsp3) is 0.938. The summed E-state index contributed by atoms with van der Waals surface area (Å²) in [5, 5.41) is 6.50. The number of carbonyl (C=O) groups excluding carboxylic acids is 1. The number of hydrogen-bond donors (Lipinski definition) is 2. The highest BCUT2D eigenvalue weighted by atomic mass is 16.6. The van der Waals surface area contributed by atoms with Crippen molar-refractivity contribution in [2.45, 2.75) is 58.5 Å². The normalized spacial score (nSPS) is 28.4. The van der Waals surface area contributed by atoms with Crippen LogP contribution >= 0.6 is 0 Å². The summed E-state index contributed by atoms with van der Waals surface area (Å²) in [7, 11) is 0. The van der Waals surface area contributed by atoms with Gasteiger partial charge < -0.3 is 15.4 Å². The first kappa shape index (κ1) is 15.6.